The third kappa shape index (κ3) is 37.5. The largest absolute Gasteiger partial charge is 0.481 e. The maximum Gasteiger partial charge on any atom is 0.329 e. The Labute approximate surface area is 406 Å². The second-order valence-electron chi connectivity index (χ2n) is 18.3. The van der Waals surface area contributed by atoms with Crippen molar-refractivity contribution in [1.82, 2.24) is 21.3 Å². The molecule has 0 saturated heterocycles. The fraction of sp³-hybridized carbons (Fsp3) is 0.837. The topological polar surface area (TPSA) is 317 Å². The smallest absolute Gasteiger partial charge is 0.329 e. The summed E-state index contributed by atoms with van der Waals surface area (Å²) in [6.07, 6.45) is 28.2. The molecule has 0 aromatic rings. The third-order valence-corrected chi connectivity index (χ3v) is 11.6. The van der Waals surface area contributed by atoms with Crippen molar-refractivity contribution in [3.8, 4) is 0 Å². The van der Waals surface area contributed by atoms with E-state index in [-0.39, 0.29) is 25.5 Å². The molecule has 0 heterocycles. The summed E-state index contributed by atoms with van der Waals surface area (Å²) in [5.74, 6) is -8.02. The van der Waals surface area contributed by atoms with Crippen LogP contribution >= 0.6 is 0 Å². The summed E-state index contributed by atoms with van der Waals surface area (Å²) >= 11 is 0. The quantitative estimate of drug-likeness (QED) is 0.0158. The highest BCUT2D eigenvalue weighted by molar-refractivity contribution is 5.96. The Morgan fingerprint density at radius 3 is 1.43 bits per heavy atom. The summed E-state index contributed by atoms with van der Waals surface area (Å²) < 4.78 is 11.2. The number of carbonyl (C=O) groups excluding carboxylic acids is 5. The van der Waals surface area contributed by atoms with Crippen LogP contribution in [-0.2, 0) is 43.0 Å². The second-order valence-corrected chi connectivity index (χ2v) is 18.3. The first-order valence-corrected chi connectivity index (χ1v) is 25.8. The number of aliphatic carboxylic acids is 2. The molecule has 0 rings (SSSR count). The first-order chi connectivity index (χ1) is 32.6. The predicted molar refractivity (Wildman–Crippen MR) is 264 cm³/mol. The molecule has 394 valence electrons. The van der Waals surface area contributed by atoms with Crippen LogP contribution < -0.4 is 38.5 Å². The third-order valence-electron chi connectivity index (χ3n) is 11.6. The van der Waals surface area contributed by atoms with Crippen molar-refractivity contribution in [2.24, 2.45) is 28.1 Å². The Kier molecular flexibility index (Phi) is 39.7. The molecule has 19 nitrogen and oxygen atoms in total. The molecule has 4 amide bonds. The number of hydrogen-bond acceptors (Lipinski definition) is 11. The van der Waals surface area contributed by atoms with E-state index in [0.717, 1.165) is 45.3 Å². The van der Waals surface area contributed by atoms with Crippen molar-refractivity contribution < 1.29 is 53.2 Å². The maximum atomic E-state index is 13.3. The molecule has 68 heavy (non-hydrogen) atoms. The lowest BCUT2D eigenvalue weighted by molar-refractivity contribution is -0.152. The summed E-state index contributed by atoms with van der Waals surface area (Å²) in [5, 5.41) is 28.1. The minimum atomic E-state index is -1.66. The molecule has 0 aromatic carbocycles. The van der Waals surface area contributed by atoms with Gasteiger partial charge in [0, 0.05) is 19.8 Å². The summed E-state index contributed by atoms with van der Waals surface area (Å²) in [6.45, 7) is 6.82. The van der Waals surface area contributed by atoms with Crippen LogP contribution in [0.25, 0.3) is 0 Å². The molecule has 0 spiro atoms. The average Bonchev–Trinajstić information content (AvgIpc) is 3.28. The zero-order valence-corrected chi connectivity index (χ0v) is 42.0. The summed E-state index contributed by atoms with van der Waals surface area (Å²) in [5.41, 5.74) is 16.3. The molecule has 0 unspecified atom stereocenters. The van der Waals surface area contributed by atoms with Gasteiger partial charge in [-0.25, -0.2) is 4.79 Å². The second kappa shape index (κ2) is 42.6. The molecule has 19 heteroatoms. The number of hydrogen-bond donors (Lipinski definition) is 9. The highest BCUT2D eigenvalue weighted by Crippen LogP contribution is 2.14. The molecule has 0 aliphatic carbocycles. The summed E-state index contributed by atoms with van der Waals surface area (Å²) in [4.78, 5) is 91.4. The lowest BCUT2D eigenvalue weighted by atomic mass is 10.0. The van der Waals surface area contributed by atoms with E-state index in [9.17, 15) is 43.8 Å². The van der Waals surface area contributed by atoms with E-state index in [1.807, 2.05) is 0 Å². The number of carbonyl (C=O) groups is 7. The highest BCUT2D eigenvalue weighted by atomic mass is 16.5. The highest BCUT2D eigenvalue weighted by Gasteiger charge is 2.33. The van der Waals surface area contributed by atoms with E-state index < -0.39 is 91.0 Å². The number of guanidine groups is 1. The van der Waals surface area contributed by atoms with Crippen LogP contribution in [0.2, 0.25) is 0 Å². The van der Waals surface area contributed by atoms with Crippen molar-refractivity contribution in [2.75, 3.05) is 32.9 Å². The lowest BCUT2D eigenvalue weighted by Gasteiger charge is -2.26. The van der Waals surface area contributed by atoms with Crippen LogP contribution in [0.4, 0.5) is 0 Å². The molecule has 0 radical (unpaired) electrons. The fourth-order valence-corrected chi connectivity index (χ4v) is 7.49. The van der Waals surface area contributed by atoms with Crippen molar-refractivity contribution in [1.29, 1.82) is 0 Å². The minimum absolute atomic E-state index is 0.0436. The van der Waals surface area contributed by atoms with Gasteiger partial charge in [0.25, 0.3) is 0 Å². The summed E-state index contributed by atoms with van der Waals surface area (Å²) in [7, 11) is 0. The summed E-state index contributed by atoms with van der Waals surface area (Å²) in [6, 6.07) is -5.58. The Hall–Kier alpha value is -4.52. The SMILES string of the molecule is CCCCCCCCCCCCCCOCCCCCCCCCCCCCCOC(=O)[C@H](CC(=O)O)NC(=O)[C@@H](NC(=O)[C@H](CC(=O)O)NC(=O)CNC(=O)[C@@H](N)CCCN=C(N)N)C(C)C. The van der Waals surface area contributed by atoms with Crippen molar-refractivity contribution in [3.05, 3.63) is 0 Å². The van der Waals surface area contributed by atoms with Gasteiger partial charge in [-0.3, -0.25) is 33.8 Å². The zero-order chi connectivity index (χ0) is 50.8. The van der Waals surface area contributed by atoms with Crippen molar-refractivity contribution in [2.45, 2.75) is 225 Å². The van der Waals surface area contributed by atoms with Gasteiger partial charge in [-0.05, 0) is 38.0 Å². The van der Waals surface area contributed by atoms with E-state index in [4.69, 9.17) is 26.7 Å². The number of esters is 1. The van der Waals surface area contributed by atoms with Gasteiger partial charge in [-0.2, -0.15) is 0 Å². The number of ether oxygens (including phenoxy) is 2. The predicted octanol–water partition coefficient (Wildman–Crippen LogP) is 5.49. The van der Waals surface area contributed by atoms with E-state index >= 15 is 0 Å². The van der Waals surface area contributed by atoms with Gasteiger partial charge in [0.2, 0.25) is 23.6 Å². The number of carboxylic acid groups (broad SMARTS) is 2. The molecule has 0 aromatic heterocycles. The van der Waals surface area contributed by atoms with Gasteiger partial charge in [0.05, 0.1) is 32.0 Å². The number of nitrogens with one attached hydrogen (secondary N) is 4. The monoisotopic (exact) mass is 969 g/mol. The van der Waals surface area contributed by atoms with E-state index in [1.54, 1.807) is 13.8 Å². The number of unbranched alkanes of at least 4 members (excludes halogenated alkanes) is 22. The number of rotatable bonds is 46. The van der Waals surface area contributed by atoms with Gasteiger partial charge >= 0.3 is 17.9 Å². The molecule has 0 fully saturated rings. The Morgan fingerprint density at radius 1 is 0.544 bits per heavy atom. The van der Waals surface area contributed by atoms with Crippen molar-refractivity contribution in [3.63, 3.8) is 0 Å². The van der Waals surface area contributed by atoms with Gasteiger partial charge < -0.3 is 58.2 Å². The van der Waals surface area contributed by atoms with Crippen LogP contribution in [0.5, 0.6) is 0 Å². The number of amides is 4. The normalized spacial score (nSPS) is 12.9. The fourth-order valence-electron chi connectivity index (χ4n) is 7.49. The number of nitrogens with zero attached hydrogens (tertiary/aromatic N) is 1. The molecular formula is C49H92N8O11. The molecule has 4 atom stereocenters. The van der Waals surface area contributed by atoms with Crippen LogP contribution in [0.15, 0.2) is 4.99 Å². The number of carboxylic acids is 2. The minimum Gasteiger partial charge on any atom is -0.481 e. The first-order valence-electron chi connectivity index (χ1n) is 25.8. The average molecular weight is 969 g/mol. The molecule has 0 aliphatic heterocycles. The lowest BCUT2D eigenvalue weighted by Crippen LogP contribution is -2.58. The van der Waals surface area contributed by atoms with E-state index in [2.05, 4.69) is 33.2 Å². The Morgan fingerprint density at radius 2 is 0.985 bits per heavy atom. The van der Waals surface area contributed by atoms with Gasteiger partial charge in [0.15, 0.2) is 5.96 Å². The van der Waals surface area contributed by atoms with E-state index in [0.29, 0.717) is 12.8 Å². The number of aliphatic imine (C=N–C) groups is 1. The Bertz CT molecular complexity index is 1430. The van der Waals surface area contributed by atoms with Crippen LogP contribution in [0.1, 0.15) is 201 Å². The van der Waals surface area contributed by atoms with Gasteiger partial charge in [-0.15, -0.1) is 0 Å². The van der Waals surface area contributed by atoms with Crippen LogP contribution in [0.3, 0.4) is 0 Å². The molecule has 0 bridgehead atoms. The van der Waals surface area contributed by atoms with Gasteiger partial charge in [-0.1, -0.05) is 156 Å². The molecular weight excluding hydrogens is 877 g/mol. The zero-order valence-electron chi connectivity index (χ0n) is 42.0. The van der Waals surface area contributed by atoms with Gasteiger partial charge in [0.1, 0.15) is 18.1 Å². The molecule has 12 N–H and O–H groups in total. The molecule has 0 saturated carbocycles. The van der Waals surface area contributed by atoms with Crippen LogP contribution in [-0.4, -0.2) is 115 Å². The van der Waals surface area contributed by atoms with E-state index in [1.165, 1.54) is 116 Å². The van der Waals surface area contributed by atoms with Crippen LogP contribution in [0, 0.1) is 5.92 Å². The Balaban J connectivity index is 4.40. The standard InChI is InChI=1S/C49H92N8O11/c1-4-5-6-7-8-9-10-13-16-19-22-25-31-67-32-26-23-20-17-14-11-12-15-18-21-24-27-33-68-48(66)40(35-43(61)62)56-47(65)44(37(2)3)57-46(64)39(34-42(59)60)55-41(58)36-54-45(63)38(50)29-28-30-53-49(51)52/h37-40,44H,4-36,50H2,1-3H3,(H,54,63)(H,55,58)(H,56,65)(H,57,64)(H,59,60)(H,61,62)(H4,51,52,53)/t38-,39-,40-,44-/m0/s1. The van der Waals surface area contributed by atoms with Crippen molar-refractivity contribution >= 4 is 47.5 Å². The first kappa shape index (κ1) is 63.5. The number of nitrogens with two attached hydrogens (primary N) is 3. The maximum absolute atomic E-state index is 13.3. The molecule has 0 aliphatic rings.